The molecular formula is C31H34F3N5O7S. The molecule has 1 fully saturated rings. The van der Waals surface area contributed by atoms with E-state index in [4.69, 9.17) is 9.47 Å². The third-order valence-electron chi connectivity index (χ3n) is 8.62. The first-order chi connectivity index (χ1) is 22.3. The molecule has 2 aliphatic rings. The molecule has 1 spiro atoms. The number of piperidine rings is 1. The number of esters is 1. The second kappa shape index (κ2) is 13.4. The molecule has 1 saturated heterocycles. The lowest BCUT2D eigenvalue weighted by Gasteiger charge is -2.39. The van der Waals surface area contributed by atoms with Crippen molar-refractivity contribution in [3.05, 3.63) is 81.2 Å². The Morgan fingerprint density at radius 1 is 1.04 bits per heavy atom. The SMILES string of the molecule is COCc1nc(=O)n(C(=O)NCCCN2CCC3(CC2)CN(S(C)(=O)=O)c2cc(F)ccc23)c(-c2ccc(F)c(F)c2)c1C(=O)OC. The molecule has 2 aliphatic heterocycles. The van der Waals surface area contributed by atoms with Gasteiger partial charge in [-0.15, -0.1) is 0 Å². The summed E-state index contributed by atoms with van der Waals surface area (Å²) in [5.74, 6) is -3.90. The van der Waals surface area contributed by atoms with Crippen molar-refractivity contribution in [3.63, 3.8) is 0 Å². The molecule has 0 unspecified atom stereocenters. The predicted molar refractivity (Wildman–Crippen MR) is 165 cm³/mol. The molecule has 5 rings (SSSR count). The number of aromatic nitrogens is 2. The van der Waals surface area contributed by atoms with Gasteiger partial charge in [-0.3, -0.25) is 4.31 Å². The van der Waals surface area contributed by atoms with Gasteiger partial charge in [0.05, 0.1) is 37.0 Å². The number of fused-ring (bicyclic) bond motifs is 2. The van der Waals surface area contributed by atoms with E-state index in [1.807, 2.05) is 0 Å². The molecule has 1 amide bonds. The van der Waals surface area contributed by atoms with Gasteiger partial charge in [-0.05, 0) is 74.8 Å². The lowest BCUT2D eigenvalue weighted by Crippen LogP contribution is -2.46. The standard InChI is InChI=1S/C31H34F3N5O7S/c1-45-17-24-26(28(40)46-2)27(19-5-8-22(33)23(34)15-19)39(30(42)36-24)29(41)35-11-4-12-37-13-9-31(10-14-37)18-38(47(3,43)44)25-16-20(32)6-7-21(25)31/h5-8,15-16H,4,9-14,17-18H2,1-3H3,(H,35,41). The average Bonchev–Trinajstić information content (AvgIpc) is 3.34. The van der Waals surface area contributed by atoms with E-state index in [1.165, 1.54) is 23.5 Å². The number of hydrogen-bond donors (Lipinski definition) is 1. The number of ether oxygens (including phenoxy) is 2. The van der Waals surface area contributed by atoms with Gasteiger partial charge in [-0.1, -0.05) is 6.07 Å². The van der Waals surface area contributed by atoms with E-state index in [0.29, 0.717) is 49.2 Å². The molecule has 12 nitrogen and oxygen atoms in total. The molecule has 3 aromatic rings. The lowest BCUT2D eigenvalue weighted by molar-refractivity contribution is 0.0594. The van der Waals surface area contributed by atoms with Crippen LogP contribution < -0.4 is 15.3 Å². The summed E-state index contributed by atoms with van der Waals surface area (Å²) >= 11 is 0. The van der Waals surface area contributed by atoms with E-state index in [1.54, 1.807) is 6.07 Å². The van der Waals surface area contributed by atoms with Crippen LogP contribution in [0.15, 0.2) is 41.2 Å². The molecule has 0 radical (unpaired) electrons. The van der Waals surface area contributed by atoms with Crippen LogP contribution in [0.4, 0.5) is 23.7 Å². The number of likely N-dealkylation sites (tertiary alicyclic amines) is 1. The number of amides is 1. The largest absolute Gasteiger partial charge is 0.465 e. The monoisotopic (exact) mass is 677 g/mol. The maximum Gasteiger partial charge on any atom is 0.356 e. The van der Waals surface area contributed by atoms with Gasteiger partial charge >= 0.3 is 17.7 Å². The zero-order valence-corrected chi connectivity index (χ0v) is 26.8. The summed E-state index contributed by atoms with van der Waals surface area (Å²) in [5, 5.41) is 2.64. The topological polar surface area (TPSA) is 140 Å². The molecule has 252 valence electrons. The molecule has 0 bridgehead atoms. The zero-order chi connectivity index (χ0) is 34.1. The summed E-state index contributed by atoms with van der Waals surface area (Å²) < 4.78 is 78.8. The van der Waals surface area contributed by atoms with Crippen molar-refractivity contribution < 1.29 is 40.7 Å². The minimum atomic E-state index is -3.60. The van der Waals surface area contributed by atoms with Gasteiger partial charge in [-0.2, -0.15) is 4.98 Å². The molecule has 3 heterocycles. The molecule has 1 aromatic heterocycles. The van der Waals surface area contributed by atoms with Gasteiger partial charge in [-0.25, -0.2) is 40.5 Å². The Labute approximate surface area is 269 Å². The van der Waals surface area contributed by atoms with Crippen LogP contribution in [-0.4, -0.2) is 88.1 Å². The summed E-state index contributed by atoms with van der Waals surface area (Å²) in [5.41, 5.74) is -1.24. The maximum atomic E-state index is 14.3. The van der Waals surface area contributed by atoms with Gasteiger partial charge in [0, 0.05) is 31.2 Å². The minimum absolute atomic E-state index is 0.113. The Bertz CT molecular complexity index is 1880. The van der Waals surface area contributed by atoms with Crippen LogP contribution in [0.1, 0.15) is 40.9 Å². The van der Waals surface area contributed by atoms with Gasteiger partial charge in [0.1, 0.15) is 11.4 Å². The summed E-state index contributed by atoms with van der Waals surface area (Å²) in [7, 11) is -1.21. The summed E-state index contributed by atoms with van der Waals surface area (Å²) in [6.07, 6.45) is 2.86. The number of carbonyl (C=O) groups excluding carboxylic acids is 2. The third-order valence-corrected chi connectivity index (χ3v) is 9.75. The van der Waals surface area contributed by atoms with Gasteiger partial charge < -0.3 is 19.7 Å². The third kappa shape index (κ3) is 6.75. The van der Waals surface area contributed by atoms with Crippen LogP contribution in [0.25, 0.3) is 11.3 Å². The maximum absolute atomic E-state index is 14.3. The van der Waals surface area contributed by atoms with E-state index < -0.39 is 50.6 Å². The van der Waals surface area contributed by atoms with Crippen LogP contribution in [-0.2, 0) is 31.5 Å². The van der Waals surface area contributed by atoms with Crippen LogP contribution in [0.2, 0.25) is 0 Å². The predicted octanol–water partition coefficient (Wildman–Crippen LogP) is 3.02. The molecule has 0 aliphatic carbocycles. The molecule has 16 heteroatoms. The molecule has 2 aromatic carbocycles. The zero-order valence-electron chi connectivity index (χ0n) is 26.0. The van der Waals surface area contributed by atoms with Gasteiger partial charge in [0.25, 0.3) is 0 Å². The Balaban J connectivity index is 1.29. The number of halogens is 3. The second-order valence-corrected chi connectivity index (χ2v) is 13.5. The Kier molecular flexibility index (Phi) is 9.75. The number of nitrogens with zero attached hydrogens (tertiary/aromatic N) is 4. The van der Waals surface area contributed by atoms with Crippen LogP contribution in [0, 0.1) is 17.5 Å². The van der Waals surface area contributed by atoms with E-state index >= 15 is 0 Å². The number of carbonyl (C=O) groups is 2. The van der Waals surface area contributed by atoms with Crippen LogP contribution in [0.5, 0.6) is 0 Å². The number of rotatable bonds is 9. The Morgan fingerprint density at radius 2 is 1.77 bits per heavy atom. The molecule has 0 atom stereocenters. The van der Waals surface area contributed by atoms with Crippen molar-refractivity contribution in [2.45, 2.75) is 31.3 Å². The molecule has 1 N–H and O–H groups in total. The van der Waals surface area contributed by atoms with Crippen molar-refractivity contribution in [2.24, 2.45) is 0 Å². The lowest BCUT2D eigenvalue weighted by atomic mass is 9.74. The smallest absolute Gasteiger partial charge is 0.356 e. The van der Waals surface area contributed by atoms with Crippen molar-refractivity contribution >= 4 is 27.7 Å². The number of sulfonamides is 1. The Hall–Kier alpha value is -4.28. The fourth-order valence-corrected chi connectivity index (χ4v) is 7.33. The highest BCUT2D eigenvalue weighted by Crippen LogP contribution is 2.48. The number of anilines is 1. The fourth-order valence-electron chi connectivity index (χ4n) is 6.34. The minimum Gasteiger partial charge on any atom is -0.465 e. The molecule has 47 heavy (non-hydrogen) atoms. The number of hydrogen-bond acceptors (Lipinski definition) is 9. The molecular weight excluding hydrogens is 643 g/mol. The first-order valence-corrected chi connectivity index (χ1v) is 16.6. The number of methoxy groups -OCH3 is 2. The first kappa shape index (κ1) is 34.1. The van der Waals surface area contributed by atoms with Gasteiger partial charge in [0.2, 0.25) is 10.0 Å². The van der Waals surface area contributed by atoms with Gasteiger partial charge in [0.15, 0.2) is 11.6 Å². The highest BCUT2D eigenvalue weighted by molar-refractivity contribution is 7.92. The first-order valence-electron chi connectivity index (χ1n) is 14.8. The van der Waals surface area contributed by atoms with Crippen LogP contribution >= 0.6 is 0 Å². The Morgan fingerprint density at radius 3 is 2.40 bits per heavy atom. The average molecular weight is 678 g/mol. The van der Waals surface area contributed by atoms with E-state index in [9.17, 15) is 36.0 Å². The summed E-state index contributed by atoms with van der Waals surface area (Å²) in [4.78, 5) is 45.3. The highest BCUT2D eigenvalue weighted by Gasteiger charge is 2.47. The van der Waals surface area contributed by atoms with Crippen molar-refractivity contribution in [3.8, 4) is 11.3 Å². The second-order valence-electron chi connectivity index (χ2n) is 11.6. The quantitative estimate of drug-likeness (QED) is 0.268. The van der Waals surface area contributed by atoms with Crippen LogP contribution in [0.3, 0.4) is 0 Å². The number of nitrogens with one attached hydrogen (secondary N) is 1. The van der Waals surface area contributed by atoms with E-state index in [2.05, 4.69) is 15.2 Å². The summed E-state index contributed by atoms with van der Waals surface area (Å²) in [6.45, 7) is 1.89. The van der Waals surface area contributed by atoms with E-state index in [0.717, 1.165) is 37.1 Å². The van der Waals surface area contributed by atoms with Crippen molar-refractivity contribution in [2.75, 3.05) is 57.5 Å². The summed E-state index contributed by atoms with van der Waals surface area (Å²) in [6, 6.07) is 6.02. The molecule has 0 saturated carbocycles. The fraction of sp³-hybridized carbons (Fsp3) is 0.419. The van der Waals surface area contributed by atoms with Crippen molar-refractivity contribution in [1.29, 1.82) is 0 Å². The van der Waals surface area contributed by atoms with E-state index in [-0.39, 0.29) is 42.2 Å². The number of benzene rings is 2. The highest BCUT2D eigenvalue weighted by atomic mass is 32.2. The normalized spacial score (nSPS) is 15.9. The van der Waals surface area contributed by atoms with Crippen molar-refractivity contribution in [1.82, 2.24) is 19.8 Å².